The summed E-state index contributed by atoms with van der Waals surface area (Å²) in [6, 6.07) is 10.6. The van der Waals surface area contributed by atoms with Crippen LogP contribution in [0.15, 0.2) is 53.1 Å². The van der Waals surface area contributed by atoms with E-state index in [1.807, 2.05) is 12.1 Å². The number of aromatic nitrogens is 1. The molecule has 1 aliphatic heterocycles. The zero-order chi connectivity index (χ0) is 20.5. The largest absolute Gasteiger partial charge is 0.360 e. The molecule has 6 nitrogen and oxygen atoms in total. The average molecular weight is 458 g/mol. The van der Waals surface area contributed by atoms with Gasteiger partial charge in [0.05, 0.1) is 5.56 Å². The molecule has 0 radical (unpaired) electrons. The van der Waals surface area contributed by atoms with E-state index in [9.17, 15) is 18.8 Å². The van der Waals surface area contributed by atoms with Crippen LogP contribution < -0.4 is 5.32 Å². The Morgan fingerprint density at radius 1 is 1.21 bits per heavy atom. The number of rotatable bonds is 5. The molecule has 2 amide bonds. The molecule has 1 aromatic heterocycles. The minimum absolute atomic E-state index is 0.253. The lowest BCUT2D eigenvalue weighted by Crippen LogP contribution is -2.44. The molecular weight excluding hydrogens is 441 g/mol. The maximum atomic E-state index is 13.0. The van der Waals surface area contributed by atoms with Crippen LogP contribution >= 0.6 is 15.9 Å². The molecule has 29 heavy (non-hydrogen) atoms. The number of fused-ring (bicyclic) bond motifs is 1. The van der Waals surface area contributed by atoms with Gasteiger partial charge in [-0.15, -0.1) is 0 Å². The molecule has 4 rings (SSSR count). The van der Waals surface area contributed by atoms with E-state index < -0.39 is 17.7 Å². The Labute approximate surface area is 174 Å². The van der Waals surface area contributed by atoms with Gasteiger partial charge < -0.3 is 15.2 Å². The zero-order valence-corrected chi connectivity index (χ0v) is 16.8. The van der Waals surface area contributed by atoms with Crippen LogP contribution in [0.3, 0.4) is 0 Å². The molecular formula is C21H17BrFN3O3. The van der Waals surface area contributed by atoms with E-state index in [4.69, 9.17) is 0 Å². The van der Waals surface area contributed by atoms with Gasteiger partial charge in [-0.1, -0.05) is 28.1 Å². The Balaban J connectivity index is 1.42. The second kappa shape index (κ2) is 7.79. The lowest BCUT2D eigenvalue weighted by molar-refractivity contribution is -0.132. The van der Waals surface area contributed by atoms with Crippen molar-refractivity contribution in [2.75, 3.05) is 6.54 Å². The van der Waals surface area contributed by atoms with Crippen molar-refractivity contribution < 1.29 is 18.8 Å². The number of hydrogen-bond donors (Lipinski definition) is 2. The van der Waals surface area contributed by atoms with Gasteiger partial charge in [-0.25, -0.2) is 4.39 Å². The van der Waals surface area contributed by atoms with Gasteiger partial charge >= 0.3 is 0 Å². The molecule has 1 unspecified atom stereocenters. The molecule has 0 bridgehead atoms. The first kappa shape index (κ1) is 19.3. The SMILES string of the molecule is O=C(NC1CCN(Cc2ccc(F)cc2)C1=O)C(=O)c1c[nH]c2ccc(Br)cc12. The van der Waals surface area contributed by atoms with E-state index >= 15 is 0 Å². The van der Waals surface area contributed by atoms with E-state index in [0.29, 0.717) is 24.9 Å². The van der Waals surface area contributed by atoms with E-state index in [2.05, 4.69) is 26.2 Å². The molecule has 148 valence electrons. The fraction of sp³-hybridized carbons (Fsp3) is 0.190. The number of Topliss-reactive ketones (excluding diaryl/α,β-unsaturated/α-hetero) is 1. The predicted molar refractivity (Wildman–Crippen MR) is 109 cm³/mol. The van der Waals surface area contributed by atoms with E-state index in [1.54, 1.807) is 23.1 Å². The van der Waals surface area contributed by atoms with Crippen LogP contribution in [-0.2, 0) is 16.1 Å². The van der Waals surface area contributed by atoms with Gasteiger partial charge in [0.1, 0.15) is 11.9 Å². The molecule has 8 heteroatoms. The summed E-state index contributed by atoms with van der Waals surface area (Å²) in [5.74, 6) is -2.10. The molecule has 2 aromatic carbocycles. The monoisotopic (exact) mass is 457 g/mol. The Morgan fingerprint density at radius 3 is 2.72 bits per heavy atom. The summed E-state index contributed by atoms with van der Waals surface area (Å²) in [5.41, 5.74) is 1.80. The molecule has 0 saturated carbocycles. The fourth-order valence-corrected chi connectivity index (χ4v) is 3.83. The summed E-state index contributed by atoms with van der Waals surface area (Å²) < 4.78 is 13.8. The number of likely N-dealkylation sites (tertiary alicyclic amines) is 1. The normalized spacial score (nSPS) is 16.4. The summed E-state index contributed by atoms with van der Waals surface area (Å²) in [7, 11) is 0. The third-order valence-corrected chi connectivity index (χ3v) is 5.48. The first-order valence-electron chi connectivity index (χ1n) is 9.07. The Bertz CT molecular complexity index is 1110. The van der Waals surface area contributed by atoms with Crippen LogP contribution in [0.25, 0.3) is 10.9 Å². The lowest BCUT2D eigenvalue weighted by Gasteiger charge is -2.17. The second-order valence-electron chi connectivity index (χ2n) is 6.92. The predicted octanol–water partition coefficient (Wildman–Crippen LogP) is 3.17. The number of carbonyl (C=O) groups is 3. The molecule has 3 aromatic rings. The fourth-order valence-electron chi connectivity index (χ4n) is 3.47. The number of halogens is 2. The van der Waals surface area contributed by atoms with Crippen LogP contribution in [0.1, 0.15) is 22.3 Å². The third kappa shape index (κ3) is 3.93. The Kier molecular flexibility index (Phi) is 5.19. The molecule has 1 saturated heterocycles. The maximum absolute atomic E-state index is 13.0. The number of carbonyl (C=O) groups excluding carboxylic acids is 3. The second-order valence-corrected chi connectivity index (χ2v) is 7.84. The number of nitrogens with zero attached hydrogens (tertiary/aromatic N) is 1. The quantitative estimate of drug-likeness (QED) is 0.455. The van der Waals surface area contributed by atoms with Crippen molar-refractivity contribution in [2.45, 2.75) is 19.0 Å². The summed E-state index contributed by atoms with van der Waals surface area (Å²) >= 11 is 3.36. The number of nitrogens with one attached hydrogen (secondary N) is 2. The zero-order valence-electron chi connectivity index (χ0n) is 15.2. The van der Waals surface area contributed by atoms with Crippen LogP contribution in [0.2, 0.25) is 0 Å². The number of amides is 2. The molecule has 1 fully saturated rings. The minimum Gasteiger partial charge on any atom is -0.360 e. The van der Waals surface area contributed by atoms with Crippen molar-refractivity contribution in [3.63, 3.8) is 0 Å². The van der Waals surface area contributed by atoms with Gasteiger partial charge in [0.25, 0.3) is 11.7 Å². The summed E-state index contributed by atoms with van der Waals surface area (Å²) in [4.78, 5) is 42.2. The minimum atomic E-state index is -0.812. The van der Waals surface area contributed by atoms with E-state index in [-0.39, 0.29) is 17.3 Å². The van der Waals surface area contributed by atoms with Crippen LogP contribution in [0.4, 0.5) is 4.39 Å². The van der Waals surface area contributed by atoms with Gasteiger partial charge in [-0.2, -0.15) is 0 Å². The Morgan fingerprint density at radius 2 is 1.97 bits per heavy atom. The van der Waals surface area contributed by atoms with Gasteiger partial charge in [-0.3, -0.25) is 14.4 Å². The summed E-state index contributed by atoms with van der Waals surface area (Å²) in [5, 5.41) is 3.19. The van der Waals surface area contributed by atoms with Gasteiger partial charge in [-0.05, 0) is 42.3 Å². The molecule has 0 aliphatic carbocycles. The summed E-state index contributed by atoms with van der Waals surface area (Å²) in [6.07, 6.45) is 1.91. The van der Waals surface area contributed by atoms with Crippen molar-refractivity contribution in [2.24, 2.45) is 0 Å². The van der Waals surface area contributed by atoms with Crippen molar-refractivity contribution in [1.82, 2.24) is 15.2 Å². The molecule has 2 heterocycles. The van der Waals surface area contributed by atoms with Crippen LogP contribution in [-0.4, -0.2) is 40.1 Å². The van der Waals surface area contributed by atoms with Gasteiger partial charge in [0.2, 0.25) is 5.91 Å². The first-order valence-corrected chi connectivity index (χ1v) is 9.87. The van der Waals surface area contributed by atoms with Gasteiger partial charge in [0, 0.05) is 34.7 Å². The average Bonchev–Trinajstić information content (AvgIpc) is 3.27. The van der Waals surface area contributed by atoms with Crippen LogP contribution in [0, 0.1) is 5.82 Å². The van der Waals surface area contributed by atoms with Crippen LogP contribution in [0.5, 0.6) is 0 Å². The van der Waals surface area contributed by atoms with Gasteiger partial charge in [0.15, 0.2) is 0 Å². The molecule has 1 aliphatic rings. The number of aromatic amines is 1. The number of ketones is 1. The van der Waals surface area contributed by atoms with Crippen molar-refractivity contribution in [3.05, 3.63) is 70.1 Å². The molecule has 0 spiro atoms. The maximum Gasteiger partial charge on any atom is 0.293 e. The van der Waals surface area contributed by atoms with Crippen molar-refractivity contribution >= 4 is 44.4 Å². The highest BCUT2D eigenvalue weighted by atomic mass is 79.9. The highest BCUT2D eigenvalue weighted by Crippen LogP contribution is 2.23. The van der Waals surface area contributed by atoms with E-state index in [0.717, 1.165) is 15.6 Å². The molecule has 1 atom stereocenters. The smallest absolute Gasteiger partial charge is 0.293 e. The number of hydrogen-bond acceptors (Lipinski definition) is 3. The molecule has 2 N–H and O–H groups in total. The van der Waals surface area contributed by atoms with E-state index in [1.165, 1.54) is 18.3 Å². The standard InChI is InChI=1S/C21H17BrFN3O3/c22-13-3-6-17-15(9-13)16(10-24-17)19(27)20(28)25-18-7-8-26(21(18)29)11-12-1-4-14(23)5-2-12/h1-6,9-10,18,24H,7-8,11H2,(H,25,28). The topological polar surface area (TPSA) is 82.3 Å². The van der Waals surface area contributed by atoms with Crippen molar-refractivity contribution in [3.8, 4) is 0 Å². The first-order chi connectivity index (χ1) is 13.9. The third-order valence-electron chi connectivity index (χ3n) is 4.98. The Hall–Kier alpha value is -3.00. The number of benzene rings is 2. The lowest BCUT2D eigenvalue weighted by atomic mass is 10.1. The highest BCUT2D eigenvalue weighted by molar-refractivity contribution is 9.10. The number of H-pyrrole nitrogens is 1. The highest BCUT2D eigenvalue weighted by Gasteiger charge is 2.34. The summed E-state index contributed by atoms with van der Waals surface area (Å²) in [6.45, 7) is 0.783. The van der Waals surface area contributed by atoms with Crippen molar-refractivity contribution in [1.29, 1.82) is 0 Å².